The molecule has 2 aromatic carbocycles. The van der Waals surface area contributed by atoms with Gasteiger partial charge in [-0.3, -0.25) is 0 Å². The fourth-order valence-electron chi connectivity index (χ4n) is 2.04. The third-order valence-electron chi connectivity index (χ3n) is 2.97. The van der Waals surface area contributed by atoms with Gasteiger partial charge in [-0.05, 0) is 48.7 Å². The van der Waals surface area contributed by atoms with Gasteiger partial charge in [-0.1, -0.05) is 40.2 Å². The lowest BCUT2D eigenvalue weighted by molar-refractivity contribution is 0.468. The third-order valence-corrected chi connectivity index (χ3v) is 3.46. The molecule has 0 aliphatic heterocycles. The first-order chi connectivity index (χ1) is 8.47. The number of aromatic hydroxyl groups is 1. The summed E-state index contributed by atoms with van der Waals surface area (Å²) in [7, 11) is 0. The minimum atomic E-state index is -0.461. The molecule has 18 heavy (non-hydrogen) atoms. The summed E-state index contributed by atoms with van der Waals surface area (Å²) < 4.78 is 1.02. The summed E-state index contributed by atoms with van der Waals surface area (Å²) in [5, 5.41) is 9.48. The Labute approximate surface area is 116 Å². The second kappa shape index (κ2) is 5.12. The van der Waals surface area contributed by atoms with Gasteiger partial charge in [0.25, 0.3) is 0 Å². The number of hydrogen-bond donors (Lipinski definition) is 2. The highest BCUT2D eigenvalue weighted by Gasteiger charge is 2.21. The molecule has 0 saturated carbocycles. The highest BCUT2D eigenvalue weighted by molar-refractivity contribution is 9.10. The Bertz CT molecular complexity index is 552. The SMILES string of the molecule is CC(N)(Cc1cccc(O)c1)c1cccc(Br)c1. The normalized spacial score (nSPS) is 14.2. The standard InChI is InChI=1S/C15H16BrNO/c1-15(17,12-5-3-6-13(16)9-12)10-11-4-2-7-14(18)8-11/h2-9,18H,10,17H2,1H3. The molecule has 0 fully saturated rings. The largest absolute Gasteiger partial charge is 0.508 e. The van der Waals surface area contributed by atoms with Gasteiger partial charge >= 0.3 is 0 Å². The number of phenols is 1. The van der Waals surface area contributed by atoms with Crippen LogP contribution in [0, 0.1) is 0 Å². The Morgan fingerprint density at radius 3 is 2.56 bits per heavy atom. The summed E-state index contributed by atoms with van der Waals surface area (Å²) in [6, 6.07) is 15.2. The van der Waals surface area contributed by atoms with Crippen LogP contribution in [0.4, 0.5) is 0 Å². The van der Waals surface area contributed by atoms with Crippen LogP contribution in [0.15, 0.2) is 53.0 Å². The van der Waals surface area contributed by atoms with E-state index in [1.807, 2.05) is 43.3 Å². The number of halogens is 1. The molecule has 0 aliphatic carbocycles. The van der Waals surface area contributed by atoms with E-state index in [1.165, 1.54) is 0 Å². The Balaban J connectivity index is 2.26. The predicted octanol–water partition coefficient (Wildman–Crippen LogP) is 3.57. The van der Waals surface area contributed by atoms with Crippen molar-refractivity contribution < 1.29 is 5.11 Å². The third kappa shape index (κ3) is 3.12. The average Bonchev–Trinajstić information content (AvgIpc) is 2.28. The summed E-state index contributed by atoms with van der Waals surface area (Å²) >= 11 is 3.46. The Kier molecular flexibility index (Phi) is 3.73. The maximum absolute atomic E-state index is 9.48. The van der Waals surface area contributed by atoms with E-state index in [0.29, 0.717) is 6.42 Å². The maximum Gasteiger partial charge on any atom is 0.115 e. The van der Waals surface area contributed by atoms with Crippen LogP contribution in [-0.2, 0) is 12.0 Å². The number of hydrogen-bond acceptors (Lipinski definition) is 2. The van der Waals surface area contributed by atoms with Gasteiger partial charge in [0, 0.05) is 10.0 Å². The van der Waals surface area contributed by atoms with Gasteiger partial charge in [0.15, 0.2) is 0 Å². The number of benzene rings is 2. The molecule has 0 aromatic heterocycles. The zero-order valence-corrected chi connectivity index (χ0v) is 11.8. The first-order valence-corrected chi connectivity index (χ1v) is 6.59. The summed E-state index contributed by atoms with van der Waals surface area (Å²) in [6.45, 7) is 2.00. The van der Waals surface area contributed by atoms with Gasteiger partial charge in [-0.15, -0.1) is 0 Å². The van der Waals surface area contributed by atoms with Crippen molar-refractivity contribution in [2.75, 3.05) is 0 Å². The van der Waals surface area contributed by atoms with E-state index >= 15 is 0 Å². The number of rotatable bonds is 3. The smallest absolute Gasteiger partial charge is 0.115 e. The van der Waals surface area contributed by atoms with Crippen molar-refractivity contribution in [3.63, 3.8) is 0 Å². The number of nitrogens with two attached hydrogens (primary N) is 1. The van der Waals surface area contributed by atoms with Crippen molar-refractivity contribution in [2.24, 2.45) is 5.73 Å². The summed E-state index contributed by atoms with van der Waals surface area (Å²) in [5.74, 6) is 0.276. The highest BCUT2D eigenvalue weighted by atomic mass is 79.9. The molecule has 1 unspecified atom stereocenters. The van der Waals surface area contributed by atoms with Crippen LogP contribution >= 0.6 is 15.9 Å². The molecule has 2 rings (SSSR count). The van der Waals surface area contributed by atoms with Crippen LogP contribution in [0.5, 0.6) is 5.75 Å². The Morgan fingerprint density at radius 2 is 1.89 bits per heavy atom. The van der Waals surface area contributed by atoms with E-state index in [4.69, 9.17) is 5.73 Å². The number of phenolic OH excluding ortho intramolecular Hbond substituents is 1. The van der Waals surface area contributed by atoms with Crippen molar-refractivity contribution in [2.45, 2.75) is 18.9 Å². The zero-order chi connectivity index (χ0) is 13.2. The van der Waals surface area contributed by atoms with Gasteiger partial charge < -0.3 is 10.8 Å². The molecular formula is C15H16BrNO. The van der Waals surface area contributed by atoms with Gasteiger partial charge in [0.1, 0.15) is 5.75 Å². The van der Waals surface area contributed by atoms with Crippen LogP contribution in [0.25, 0.3) is 0 Å². The van der Waals surface area contributed by atoms with Crippen molar-refractivity contribution in [1.82, 2.24) is 0 Å². The molecule has 0 heterocycles. The first-order valence-electron chi connectivity index (χ1n) is 5.80. The van der Waals surface area contributed by atoms with Gasteiger partial charge in [0.2, 0.25) is 0 Å². The average molecular weight is 306 g/mol. The van der Waals surface area contributed by atoms with Crippen molar-refractivity contribution in [3.05, 3.63) is 64.1 Å². The predicted molar refractivity (Wildman–Crippen MR) is 77.5 cm³/mol. The molecule has 3 heteroatoms. The fourth-order valence-corrected chi connectivity index (χ4v) is 2.44. The molecule has 0 amide bonds. The zero-order valence-electron chi connectivity index (χ0n) is 10.2. The Morgan fingerprint density at radius 1 is 1.17 bits per heavy atom. The van der Waals surface area contributed by atoms with E-state index in [9.17, 15) is 5.11 Å². The lowest BCUT2D eigenvalue weighted by Crippen LogP contribution is -2.35. The van der Waals surface area contributed by atoms with E-state index in [-0.39, 0.29) is 5.75 Å². The van der Waals surface area contributed by atoms with E-state index in [1.54, 1.807) is 12.1 Å². The van der Waals surface area contributed by atoms with E-state index in [2.05, 4.69) is 15.9 Å². The van der Waals surface area contributed by atoms with Gasteiger partial charge in [0.05, 0.1) is 0 Å². The summed E-state index contributed by atoms with van der Waals surface area (Å²) in [5.41, 5.74) is 8.02. The van der Waals surface area contributed by atoms with Crippen LogP contribution in [0.1, 0.15) is 18.1 Å². The highest BCUT2D eigenvalue weighted by Crippen LogP contribution is 2.26. The molecular weight excluding hydrogens is 290 g/mol. The van der Waals surface area contributed by atoms with Crippen LogP contribution in [0.3, 0.4) is 0 Å². The molecule has 94 valence electrons. The van der Waals surface area contributed by atoms with Crippen LogP contribution in [-0.4, -0.2) is 5.11 Å². The molecule has 0 spiro atoms. The molecule has 1 atom stereocenters. The minimum Gasteiger partial charge on any atom is -0.508 e. The monoisotopic (exact) mass is 305 g/mol. The van der Waals surface area contributed by atoms with Crippen molar-refractivity contribution in [1.29, 1.82) is 0 Å². The molecule has 3 N–H and O–H groups in total. The topological polar surface area (TPSA) is 46.2 Å². The quantitative estimate of drug-likeness (QED) is 0.910. The minimum absolute atomic E-state index is 0.276. The molecule has 0 aliphatic rings. The molecule has 0 saturated heterocycles. The lowest BCUT2D eigenvalue weighted by Gasteiger charge is -2.25. The summed E-state index contributed by atoms with van der Waals surface area (Å²) in [4.78, 5) is 0. The second-order valence-corrected chi connectivity index (χ2v) is 5.69. The first kappa shape index (κ1) is 13.1. The summed E-state index contributed by atoms with van der Waals surface area (Å²) in [6.07, 6.45) is 0.678. The molecule has 2 aromatic rings. The van der Waals surface area contributed by atoms with Gasteiger partial charge in [-0.25, -0.2) is 0 Å². The molecule has 0 radical (unpaired) electrons. The fraction of sp³-hybridized carbons (Fsp3) is 0.200. The van der Waals surface area contributed by atoms with Crippen LogP contribution < -0.4 is 5.73 Å². The Hall–Kier alpha value is -1.32. The van der Waals surface area contributed by atoms with E-state index < -0.39 is 5.54 Å². The molecule has 2 nitrogen and oxygen atoms in total. The van der Waals surface area contributed by atoms with Crippen molar-refractivity contribution in [3.8, 4) is 5.75 Å². The van der Waals surface area contributed by atoms with Crippen LogP contribution in [0.2, 0.25) is 0 Å². The lowest BCUT2D eigenvalue weighted by atomic mass is 9.86. The maximum atomic E-state index is 9.48. The van der Waals surface area contributed by atoms with E-state index in [0.717, 1.165) is 15.6 Å². The second-order valence-electron chi connectivity index (χ2n) is 4.77. The van der Waals surface area contributed by atoms with Gasteiger partial charge in [-0.2, -0.15) is 0 Å². The molecule has 0 bridgehead atoms. The van der Waals surface area contributed by atoms with Crippen molar-refractivity contribution >= 4 is 15.9 Å².